The van der Waals surface area contributed by atoms with E-state index in [4.69, 9.17) is 5.11 Å². The molecule has 2 aliphatic carbocycles. The number of hydrogen-bond acceptors (Lipinski definition) is 3. The second-order valence-corrected chi connectivity index (χ2v) is 6.83. The summed E-state index contributed by atoms with van der Waals surface area (Å²) in [5.41, 5.74) is -0.413. The smallest absolute Gasteiger partial charge is 0.303 e. The van der Waals surface area contributed by atoms with Crippen LogP contribution in [0.25, 0.3) is 0 Å². The SMILES string of the molecule is O=C(O)CC1(CSCC2(O)CCCCC2)CC1. The van der Waals surface area contributed by atoms with E-state index < -0.39 is 11.6 Å². The molecule has 0 spiro atoms. The van der Waals surface area contributed by atoms with Crippen LogP contribution in [0.3, 0.4) is 0 Å². The van der Waals surface area contributed by atoms with E-state index >= 15 is 0 Å². The van der Waals surface area contributed by atoms with E-state index in [-0.39, 0.29) is 5.41 Å². The van der Waals surface area contributed by atoms with Gasteiger partial charge in [0.1, 0.15) is 0 Å². The summed E-state index contributed by atoms with van der Waals surface area (Å²) in [7, 11) is 0. The van der Waals surface area contributed by atoms with Crippen molar-refractivity contribution in [2.75, 3.05) is 11.5 Å². The van der Waals surface area contributed by atoms with E-state index in [1.807, 2.05) is 0 Å². The van der Waals surface area contributed by atoms with Gasteiger partial charge in [-0.2, -0.15) is 11.8 Å². The number of aliphatic carboxylic acids is 1. The predicted molar refractivity (Wildman–Crippen MR) is 69.3 cm³/mol. The lowest BCUT2D eigenvalue weighted by Crippen LogP contribution is -2.34. The Hall–Kier alpha value is -0.220. The molecule has 0 saturated heterocycles. The molecule has 0 aliphatic heterocycles. The fraction of sp³-hybridized carbons (Fsp3) is 0.923. The number of carboxylic acid groups (broad SMARTS) is 1. The third kappa shape index (κ3) is 3.88. The molecule has 0 unspecified atom stereocenters. The molecule has 0 heterocycles. The maximum absolute atomic E-state index is 10.7. The van der Waals surface area contributed by atoms with Crippen LogP contribution in [0.4, 0.5) is 0 Å². The number of thioether (sulfide) groups is 1. The average molecular weight is 258 g/mol. The van der Waals surface area contributed by atoms with Crippen LogP contribution in [0.15, 0.2) is 0 Å². The van der Waals surface area contributed by atoms with Crippen molar-refractivity contribution in [3.8, 4) is 0 Å². The van der Waals surface area contributed by atoms with Crippen molar-refractivity contribution >= 4 is 17.7 Å². The molecule has 0 amide bonds. The van der Waals surface area contributed by atoms with Gasteiger partial charge < -0.3 is 10.2 Å². The zero-order valence-electron chi connectivity index (χ0n) is 10.3. The van der Waals surface area contributed by atoms with Gasteiger partial charge in [-0.15, -0.1) is 0 Å². The van der Waals surface area contributed by atoms with E-state index in [0.29, 0.717) is 6.42 Å². The third-order valence-corrected chi connectivity index (χ3v) is 5.60. The number of aliphatic hydroxyl groups is 1. The molecule has 0 atom stereocenters. The fourth-order valence-electron chi connectivity index (χ4n) is 2.68. The van der Waals surface area contributed by atoms with Gasteiger partial charge in [0.15, 0.2) is 0 Å². The van der Waals surface area contributed by atoms with Crippen molar-refractivity contribution < 1.29 is 15.0 Å². The zero-order chi connectivity index (χ0) is 12.4. The average Bonchev–Trinajstić information content (AvgIpc) is 2.97. The van der Waals surface area contributed by atoms with Gasteiger partial charge in [-0.3, -0.25) is 4.79 Å². The van der Waals surface area contributed by atoms with Gasteiger partial charge in [-0.1, -0.05) is 19.3 Å². The minimum atomic E-state index is -0.681. The molecule has 2 N–H and O–H groups in total. The molecular formula is C13H22O3S. The summed E-state index contributed by atoms with van der Waals surface area (Å²) in [6.45, 7) is 0. The minimum Gasteiger partial charge on any atom is -0.481 e. The Kier molecular flexibility index (Phi) is 4.03. The lowest BCUT2D eigenvalue weighted by atomic mass is 9.86. The molecule has 2 fully saturated rings. The lowest BCUT2D eigenvalue weighted by Gasteiger charge is -2.32. The Morgan fingerprint density at radius 3 is 2.24 bits per heavy atom. The maximum atomic E-state index is 10.7. The molecule has 98 valence electrons. The zero-order valence-corrected chi connectivity index (χ0v) is 11.1. The van der Waals surface area contributed by atoms with Gasteiger partial charge in [-0.25, -0.2) is 0 Å². The van der Waals surface area contributed by atoms with Crippen LogP contribution in [0, 0.1) is 5.41 Å². The van der Waals surface area contributed by atoms with Crippen LogP contribution in [-0.4, -0.2) is 33.3 Å². The molecule has 2 aliphatic rings. The summed E-state index contributed by atoms with van der Waals surface area (Å²) in [5, 5.41) is 19.2. The summed E-state index contributed by atoms with van der Waals surface area (Å²) < 4.78 is 0. The summed E-state index contributed by atoms with van der Waals surface area (Å²) in [6.07, 6.45) is 7.76. The van der Waals surface area contributed by atoms with Crippen LogP contribution < -0.4 is 0 Å². The highest BCUT2D eigenvalue weighted by Crippen LogP contribution is 2.51. The first kappa shape index (κ1) is 13.2. The number of hydrogen-bond donors (Lipinski definition) is 2. The molecule has 0 radical (unpaired) electrons. The molecule has 2 saturated carbocycles. The summed E-state index contributed by atoms with van der Waals surface area (Å²) >= 11 is 1.76. The number of rotatable bonds is 6. The summed E-state index contributed by atoms with van der Waals surface area (Å²) in [6, 6.07) is 0. The molecule has 0 aromatic heterocycles. The molecular weight excluding hydrogens is 236 g/mol. The highest BCUT2D eigenvalue weighted by atomic mass is 32.2. The Morgan fingerprint density at radius 1 is 1.06 bits per heavy atom. The summed E-state index contributed by atoms with van der Waals surface area (Å²) in [5.74, 6) is 1.01. The molecule has 0 aromatic carbocycles. The van der Waals surface area contributed by atoms with Crippen molar-refractivity contribution in [2.24, 2.45) is 5.41 Å². The van der Waals surface area contributed by atoms with Gasteiger partial charge in [0.2, 0.25) is 0 Å². The molecule has 0 aromatic rings. The van der Waals surface area contributed by atoms with Crippen molar-refractivity contribution in [1.82, 2.24) is 0 Å². The van der Waals surface area contributed by atoms with Gasteiger partial charge >= 0.3 is 5.97 Å². The van der Waals surface area contributed by atoms with Crippen LogP contribution in [0.2, 0.25) is 0 Å². The van der Waals surface area contributed by atoms with E-state index in [0.717, 1.165) is 50.0 Å². The fourth-order valence-corrected chi connectivity index (χ4v) is 4.28. The van der Waals surface area contributed by atoms with Crippen molar-refractivity contribution in [2.45, 2.75) is 57.0 Å². The monoisotopic (exact) mass is 258 g/mol. The Morgan fingerprint density at radius 2 is 1.71 bits per heavy atom. The van der Waals surface area contributed by atoms with Gasteiger partial charge in [0.05, 0.1) is 12.0 Å². The van der Waals surface area contributed by atoms with Gasteiger partial charge in [-0.05, 0) is 36.9 Å². The van der Waals surface area contributed by atoms with Crippen LogP contribution >= 0.6 is 11.8 Å². The summed E-state index contributed by atoms with van der Waals surface area (Å²) in [4.78, 5) is 10.7. The van der Waals surface area contributed by atoms with Crippen molar-refractivity contribution in [1.29, 1.82) is 0 Å². The first-order chi connectivity index (χ1) is 8.04. The first-order valence-corrected chi connectivity index (χ1v) is 7.71. The van der Waals surface area contributed by atoms with Crippen LogP contribution in [-0.2, 0) is 4.79 Å². The largest absolute Gasteiger partial charge is 0.481 e. The normalized spacial score (nSPS) is 25.5. The maximum Gasteiger partial charge on any atom is 0.303 e. The van der Waals surface area contributed by atoms with Gasteiger partial charge in [0, 0.05) is 5.75 Å². The lowest BCUT2D eigenvalue weighted by molar-refractivity contribution is -0.138. The molecule has 0 bridgehead atoms. The molecule has 2 rings (SSSR count). The van der Waals surface area contributed by atoms with Crippen LogP contribution in [0.1, 0.15) is 51.4 Å². The van der Waals surface area contributed by atoms with E-state index in [9.17, 15) is 9.90 Å². The van der Waals surface area contributed by atoms with Crippen molar-refractivity contribution in [3.63, 3.8) is 0 Å². The van der Waals surface area contributed by atoms with E-state index in [2.05, 4.69) is 0 Å². The molecule has 17 heavy (non-hydrogen) atoms. The molecule has 3 nitrogen and oxygen atoms in total. The Balaban J connectivity index is 1.70. The Bertz CT molecular complexity index is 280. The number of carboxylic acids is 1. The van der Waals surface area contributed by atoms with E-state index in [1.165, 1.54) is 6.42 Å². The third-order valence-electron chi connectivity index (χ3n) is 4.05. The molecule has 4 heteroatoms. The standard InChI is InChI=1S/C13H22O3S/c14-11(15)8-12(6-7-12)9-17-10-13(16)4-2-1-3-5-13/h16H,1-10H2,(H,14,15). The number of carbonyl (C=O) groups is 1. The second kappa shape index (κ2) is 5.19. The second-order valence-electron chi connectivity index (χ2n) is 5.85. The van der Waals surface area contributed by atoms with Crippen molar-refractivity contribution in [3.05, 3.63) is 0 Å². The topological polar surface area (TPSA) is 57.5 Å². The first-order valence-electron chi connectivity index (χ1n) is 6.56. The van der Waals surface area contributed by atoms with E-state index in [1.54, 1.807) is 11.8 Å². The highest BCUT2D eigenvalue weighted by Gasteiger charge is 2.44. The minimum absolute atomic E-state index is 0.0571. The van der Waals surface area contributed by atoms with Gasteiger partial charge in [0.25, 0.3) is 0 Å². The highest BCUT2D eigenvalue weighted by molar-refractivity contribution is 7.99. The Labute approximate surface area is 107 Å². The predicted octanol–water partition coefficient (Wildman–Crippen LogP) is 2.67. The van der Waals surface area contributed by atoms with Crippen LogP contribution in [0.5, 0.6) is 0 Å². The quantitative estimate of drug-likeness (QED) is 0.769.